The predicted octanol–water partition coefficient (Wildman–Crippen LogP) is 3.11. The first-order chi connectivity index (χ1) is 9.20. The van der Waals surface area contributed by atoms with Crippen molar-refractivity contribution in [1.29, 1.82) is 0 Å². The van der Waals surface area contributed by atoms with Crippen LogP contribution in [0.5, 0.6) is 11.5 Å². The van der Waals surface area contributed by atoms with Crippen LogP contribution >= 0.6 is 11.8 Å². The molecule has 0 fully saturated rings. The van der Waals surface area contributed by atoms with Gasteiger partial charge in [0.2, 0.25) is 0 Å². The third-order valence-corrected chi connectivity index (χ3v) is 4.19. The lowest BCUT2D eigenvalue weighted by Crippen LogP contribution is -2.25. The summed E-state index contributed by atoms with van der Waals surface area (Å²) >= 11 is 1.90. The largest absolute Gasteiger partial charge is 0.486 e. The molecule has 0 spiro atoms. The van der Waals surface area contributed by atoms with Crippen LogP contribution < -0.4 is 14.8 Å². The van der Waals surface area contributed by atoms with Crippen molar-refractivity contribution in [2.45, 2.75) is 19.9 Å². The molecule has 1 N–H and O–H groups in total. The number of thioether (sulfide) groups is 1. The lowest BCUT2D eigenvalue weighted by atomic mass is 10.1. The van der Waals surface area contributed by atoms with Crippen LogP contribution in [0, 0.1) is 5.92 Å². The van der Waals surface area contributed by atoms with Gasteiger partial charge >= 0.3 is 0 Å². The van der Waals surface area contributed by atoms with Gasteiger partial charge in [0, 0.05) is 6.04 Å². The van der Waals surface area contributed by atoms with Crippen LogP contribution in [0.4, 0.5) is 0 Å². The molecular weight excluding hydrogens is 258 g/mol. The molecule has 0 radical (unpaired) electrons. The zero-order valence-corrected chi connectivity index (χ0v) is 12.8. The molecular formula is C15H23NO2S. The second-order valence-corrected chi connectivity index (χ2v) is 6.00. The molecule has 2 unspecified atom stereocenters. The molecule has 1 aromatic carbocycles. The fraction of sp³-hybridized carbons (Fsp3) is 0.600. The van der Waals surface area contributed by atoms with E-state index in [1.54, 1.807) is 0 Å². The van der Waals surface area contributed by atoms with Gasteiger partial charge < -0.3 is 14.8 Å². The summed E-state index contributed by atoms with van der Waals surface area (Å²) in [6, 6.07) is 6.54. The first kappa shape index (κ1) is 14.5. The number of hydrogen-bond donors (Lipinski definition) is 1. The van der Waals surface area contributed by atoms with Crippen molar-refractivity contribution in [2.75, 3.05) is 31.8 Å². The Kier molecular flexibility index (Phi) is 5.40. The van der Waals surface area contributed by atoms with Crippen LogP contribution in [0.2, 0.25) is 0 Å². The average Bonchev–Trinajstić information content (AvgIpc) is 2.44. The van der Waals surface area contributed by atoms with Crippen LogP contribution in [-0.2, 0) is 0 Å². The topological polar surface area (TPSA) is 30.5 Å². The van der Waals surface area contributed by atoms with Crippen LogP contribution in [-0.4, -0.2) is 31.8 Å². The Morgan fingerprint density at radius 1 is 1.21 bits per heavy atom. The van der Waals surface area contributed by atoms with Crippen molar-refractivity contribution < 1.29 is 9.47 Å². The molecule has 0 aliphatic carbocycles. The van der Waals surface area contributed by atoms with Crippen LogP contribution in [0.1, 0.15) is 25.5 Å². The Morgan fingerprint density at radius 3 is 2.68 bits per heavy atom. The smallest absolute Gasteiger partial charge is 0.161 e. The van der Waals surface area contributed by atoms with Crippen LogP contribution in [0.3, 0.4) is 0 Å². The summed E-state index contributed by atoms with van der Waals surface area (Å²) in [4.78, 5) is 0. The third kappa shape index (κ3) is 4.05. The molecule has 19 heavy (non-hydrogen) atoms. The minimum Gasteiger partial charge on any atom is -0.486 e. The summed E-state index contributed by atoms with van der Waals surface area (Å²) in [6.07, 6.45) is 2.15. The Labute approximate surface area is 120 Å². The number of benzene rings is 1. The summed E-state index contributed by atoms with van der Waals surface area (Å²) in [5.41, 5.74) is 1.25. The molecule has 106 valence electrons. The summed E-state index contributed by atoms with van der Waals surface area (Å²) in [5, 5.41) is 3.58. The number of rotatable bonds is 6. The highest BCUT2D eigenvalue weighted by atomic mass is 32.2. The van der Waals surface area contributed by atoms with Gasteiger partial charge in [-0.1, -0.05) is 13.0 Å². The standard InChI is InChI=1S/C15H23NO2S/c1-11(10-19-3)9-16-12(2)13-4-5-14-15(8-13)18-7-6-17-14/h4-5,8,11-12,16H,6-7,9-10H2,1-3H3. The molecule has 0 aromatic heterocycles. The van der Waals surface area contributed by atoms with E-state index < -0.39 is 0 Å². The second kappa shape index (κ2) is 7.06. The summed E-state index contributed by atoms with van der Waals surface area (Å²) in [6.45, 7) is 6.79. The van der Waals surface area contributed by atoms with Crippen molar-refractivity contribution in [3.63, 3.8) is 0 Å². The number of fused-ring (bicyclic) bond motifs is 1. The van der Waals surface area contributed by atoms with Gasteiger partial charge in [-0.05, 0) is 49.1 Å². The molecule has 1 aromatic rings. The Balaban J connectivity index is 1.93. The van der Waals surface area contributed by atoms with Crippen molar-refractivity contribution in [1.82, 2.24) is 5.32 Å². The highest BCUT2D eigenvalue weighted by Crippen LogP contribution is 2.32. The monoisotopic (exact) mass is 281 g/mol. The van der Waals surface area contributed by atoms with Gasteiger partial charge in [-0.2, -0.15) is 11.8 Å². The quantitative estimate of drug-likeness (QED) is 0.868. The van der Waals surface area contributed by atoms with Crippen molar-refractivity contribution in [3.8, 4) is 11.5 Å². The summed E-state index contributed by atoms with van der Waals surface area (Å²) in [5.74, 6) is 3.61. The van der Waals surface area contributed by atoms with Gasteiger partial charge in [-0.3, -0.25) is 0 Å². The molecule has 3 nitrogen and oxygen atoms in total. The van der Waals surface area contributed by atoms with Gasteiger partial charge in [0.25, 0.3) is 0 Å². The maximum Gasteiger partial charge on any atom is 0.161 e. The van der Waals surface area contributed by atoms with Gasteiger partial charge in [0.05, 0.1) is 0 Å². The number of ether oxygens (including phenoxy) is 2. The lowest BCUT2D eigenvalue weighted by molar-refractivity contribution is 0.171. The SMILES string of the molecule is CSCC(C)CNC(C)c1ccc2c(c1)OCCO2. The highest BCUT2D eigenvalue weighted by molar-refractivity contribution is 7.98. The van der Waals surface area contributed by atoms with E-state index in [9.17, 15) is 0 Å². The van der Waals surface area contributed by atoms with E-state index in [-0.39, 0.29) is 0 Å². The molecule has 1 aliphatic rings. The molecule has 4 heteroatoms. The molecule has 2 atom stereocenters. The molecule has 0 saturated carbocycles. The Morgan fingerprint density at radius 2 is 1.95 bits per heavy atom. The number of nitrogens with one attached hydrogen (secondary N) is 1. The number of hydrogen-bond acceptors (Lipinski definition) is 4. The van der Waals surface area contributed by atoms with E-state index >= 15 is 0 Å². The molecule has 0 bridgehead atoms. The van der Waals surface area contributed by atoms with Crippen LogP contribution in [0.15, 0.2) is 18.2 Å². The third-order valence-electron chi connectivity index (χ3n) is 3.29. The maximum absolute atomic E-state index is 5.62. The van der Waals surface area contributed by atoms with Gasteiger partial charge in [0.15, 0.2) is 11.5 Å². The van der Waals surface area contributed by atoms with Crippen molar-refractivity contribution in [2.24, 2.45) is 5.92 Å². The fourth-order valence-electron chi connectivity index (χ4n) is 2.17. The second-order valence-electron chi connectivity index (χ2n) is 5.09. The van der Waals surface area contributed by atoms with E-state index in [0.717, 1.165) is 18.0 Å². The first-order valence-electron chi connectivity index (χ1n) is 6.82. The fourth-order valence-corrected chi connectivity index (χ4v) is 2.86. The normalized spacial score (nSPS) is 17.0. The van der Waals surface area contributed by atoms with E-state index in [2.05, 4.69) is 37.6 Å². The minimum atomic E-state index is 0.333. The van der Waals surface area contributed by atoms with Gasteiger partial charge in [-0.15, -0.1) is 0 Å². The van der Waals surface area contributed by atoms with Crippen molar-refractivity contribution in [3.05, 3.63) is 23.8 Å². The first-order valence-corrected chi connectivity index (χ1v) is 8.22. The maximum atomic E-state index is 5.62. The minimum absolute atomic E-state index is 0.333. The van der Waals surface area contributed by atoms with E-state index in [4.69, 9.17) is 9.47 Å². The Hall–Kier alpha value is -0.870. The zero-order valence-electron chi connectivity index (χ0n) is 11.9. The highest BCUT2D eigenvalue weighted by Gasteiger charge is 2.14. The van der Waals surface area contributed by atoms with Crippen molar-refractivity contribution >= 4 is 11.8 Å². The molecule has 0 saturated heterocycles. The van der Waals surface area contributed by atoms with Gasteiger partial charge in [-0.25, -0.2) is 0 Å². The van der Waals surface area contributed by atoms with Crippen LogP contribution in [0.25, 0.3) is 0 Å². The zero-order chi connectivity index (χ0) is 13.7. The van der Waals surface area contributed by atoms with E-state index in [0.29, 0.717) is 25.2 Å². The summed E-state index contributed by atoms with van der Waals surface area (Å²) < 4.78 is 11.2. The molecule has 2 rings (SSSR count). The Bertz CT molecular complexity index is 411. The van der Waals surface area contributed by atoms with E-state index in [1.165, 1.54) is 11.3 Å². The summed E-state index contributed by atoms with van der Waals surface area (Å²) in [7, 11) is 0. The average molecular weight is 281 g/mol. The lowest BCUT2D eigenvalue weighted by Gasteiger charge is -2.22. The molecule has 1 heterocycles. The van der Waals surface area contributed by atoms with Gasteiger partial charge in [0.1, 0.15) is 13.2 Å². The van der Waals surface area contributed by atoms with E-state index in [1.807, 2.05) is 17.8 Å². The molecule has 1 aliphatic heterocycles. The predicted molar refractivity (Wildman–Crippen MR) is 81.4 cm³/mol. The molecule has 0 amide bonds.